The number of benzene rings is 1. The van der Waals surface area contributed by atoms with Gasteiger partial charge in [-0.3, -0.25) is 4.90 Å². The third-order valence-electron chi connectivity index (χ3n) is 3.52. The topological polar surface area (TPSA) is 49.5 Å². The molecule has 0 spiro atoms. The molecule has 0 bridgehead atoms. The van der Waals surface area contributed by atoms with Gasteiger partial charge in [0.05, 0.1) is 18.8 Å². The highest BCUT2D eigenvalue weighted by Gasteiger charge is 2.19. The molecule has 1 saturated heterocycles. The van der Waals surface area contributed by atoms with Gasteiger partial charge in [0, 0.05) is 17.1 Å². The Kier molecular flexibility index (Phi) is 4.05. The van der Waals surface area contributed by atoms with E-state index in [0.29, 0.717) is 24.0 Å². The van der Waals surface area contributed by atoms with Crippen molar-refractivity contribution in [1.82, 2.24) is 9.88 Å². The maximum absolute atomic E-state index is 9.66. The van der Waals surface area contributed by atoms with Crippen LogP contribution in [0, 0.1) is 0 Å². The molecule has 1 aliphatic rings. The number of rotatable bonds is 3. The molecule has 1 aromatic heterocycles. The van der Waals surface area contributed by atoms with Crippen LogP contribution in [0.25, 0.3) is 11.3 Å². The molecule has 1 fully saturated rings. The van der Waals surface area contributed by atoms with Crippen LogP contribution in [0.4, 0.5) is 0 Å². The van der Waals surface area contributed by atoms with Crippen molar-refractivity contribution in [3.05, 3.63) is 41.4 Å². The molecule has 0 radical (unpaired) electrons. The molecule has 106 valence electrons. The number of β-amino-alcohol motifs (C(OH)–C–C–N with tert-alkyl or cyclic N) is 1. The van der Waals surface area contributed by atoms with Gasteiger partial charge in [-0.2, -0.15) is 0 Å². The van der Waals surface area contributed by atoms with Gasteiger partial charge in [0.1, 0.15) is 0 Å². The predicted molar refractivity (Wildman–Crippen MR) is 77.5 cm³/mol. The van der Waals surface area contributed by atoms with Gasteiger partial charge in [0.25, 0.3) is 0 Å². The second-order valence-electron chi connectivity index (χ2n) is 5.16. The molecule has 0 unspecified atom stereocenters. The number of likely N-dealkylation sites (tertiary alicyclic amines) is 1. The smallest absolute Gasteiger partial charge is 0.209 e. The van der Waals surface area contributed by atoms with Crippen LogP contribution >= 0.6 is 11.6 Å². The normalized spacial score (nSPS) is 20.2. The van der Waals surface area contributed by atoms with Crippen LogP contribution in [-0.2, 0) is 6.54 Å². The number of piperidine rings is 1. The van der Waals surface area contributed by atoms with Crippen LogP contribution < -0.4 is 0 Å². The van der Waals surface area contributed by atoms with Crippen molar-refractivity contribution < 1.29 is 9.52 Å². The monoisotopic (exact) mass is 292 g/mol. The van der Waals surface area contributed by atoms with E-state index in [1.807, 2.05) is 24.3 Å². The average molecular weight is 293 g/mol. The van der Waals surface area contributed by atoms with Gasteiger partial charge in [-0.1, -0.05) is 11.6 Å². The third-order valence-corrected chi connectivity index (χ3v) is 3.77. The minimum atomic E-state index is -0.227. The Labute approximate surface area is 123 Å². The average Bonchev–Trinajstić information content (AvgIpc) is 2.88. The lowest BCUT2D eigenvalue weighted by molar-refractivity contribution is 0.0625. The zero-order chi connectivity index (χ0) is 13.9. The lowest BCUT2D eigenvalue weighted by Gasteiger charge is -2.28. The summed E-state index contributed by atoms with van der Waals surface area (Å²) in [5.74, 6) is 1.43. The van der Waals surface area contributed by atoms with E-state index in [-0.39, 0.29) is 6.10 Å². The minimum Gasteiger partial charge on any atom is -0.439 e. The fraction of sp³-hybridized carbons (Fsp3) is 0.400. The van der Waals surface area contributed by atoms with Crippen molar-refractivity contribution in [2.45, 2.75) is 25.5 Å². The molecule has 0 saturated carbocycles. The molecule has 1 aromatic carbocycles. The Hall–Kier alpha value is -1.36. The van der Waals surface area contributed by atoms with E-state index in [4.69, 9.17) is 16.0 Å². The second kappa shape index (κ2) is 5.95. The summed E-state index contributed by atoms with van der Waals surface area (Å²) in [6, 6.07) is 7.49. The van der Waals surface area contributed by atoms with E-state index in [1.165, 1.54) is 0 Å². The molecule has 1 aliphatic heterocycles. The molecular weight excluding hydrogens is 276 g/mol. The molecular formula is C15H17ClN2O2. The summed E-state index contributed by atoms with van der Waals surface area (Å²) in [6.45, 7) is 2.32. The highest BCUT2D eigenvalue weighted by atomic mass is 35.5. The zero-order valence-corrected chi connectivity index (χ0v) is 11.9. The minimum absolute atomic E-state index is 0.227. The summed E-state index contributed by atoms with van der Waals surface area (Å²) < 4.78 is 5.77. The van der Waals surface area contributed by atoms with Crippen LogP contribution in [-0.4, -0.2) is 34.2 Å². The lowest BCUT2D eigenvalue weighted by Crippen LogP contribution is -2.37. The Morgan fingerprint density at radius 2 is 2.15 bits per heavy atom. The van der Waals surface area contributed by atoms with E-state index in [9.17, 15) is 5.11 Å². The number of aromatic nitrogens is 1. The molecule has 0 aliphatic carbocycles. The highest BCUT2D eigenvalue weighted by Crippen LogP contribution is 2.23. The maximum Gasteiger partial charge on any atom is 0.209 e. The number of aliphatic hydroxyl groups excluding tert-OH is 1. The summed E-state index contributed by atoms with van der Waals surface area (Å²) in [5, 5.41) is 10.4. The first-order valence-electron chi connectivity index (χ1n) is 6.82. The maximum atomic E-state index is 9.66. The fourth-order valence-electron chi connectivity index (χ4n) is 2.50. The van der Waals surface area contributed by atoms with Gasteiger partial charge in [-0.25, -0.2) is 4.98 Å². The lowest BCUT2D eigenvalue weighted by atomic mass is 10.1. The molecule has 4 nitrogen and oxygen atoms in total. The number of oxazole rings is 1. The Balaban J connectivity index is 1.69. The van der Waals surface area contributed by atoms with Gasteiger partial charge in [0.15, 0.2) is 5.76 Å². The number of halogens is 1. The molecule has 5 heteroatoms. The quantitative estimate of drug-likeness (QED) is 0.945. The van der Waals surface area contributed by atoms with Crippen LogP contribution in [0.3, 0.4) is 0 Å². The van der Waals surface area contributed by atoms with Crippen molar-refractivity contribution >= 4 is 11.6 Å². The molecule has 2 aromatic rings. The van der Waals surface area contributed by atoms with Crippen LogP contribution in [0.5, 0.6) is 0 Å². The van der Waals surface area contributed by atoms with E-state index in [0.717, 1.165) is 30.7 Å². The summed E-state index contributed by atoms with van der Waals surface area (Å²) in [7, 11) is 0. The van der Waals surface area contributed by atoms with E-state index < -0.39 is 0 Å². The third kappa shape index (κ3) is 3.20. The predicted octanol–water partition coefficient (Wildman–Crippen LogP) is 2.95. The number of aliphatic hydroxyl groups is 1. The Morgan fingerprint density at radius 1 is 1.35 bits per heavy atom. The van der Waals surface area contributed by atoms with Crippen molar-refractivity contribution in [3.63, 3.8) is 0 Å². The number of hydrogen-bond acceptors (Lipinski definition) is 4. The number of hydrogen-bond donors (Lipinski definition) is 1. The van der Waals surface area contributed by atoms with Gasteiger partial charge in [-0.05, 0) is 43.7 Å². The van der Waals surface area contributed by atoms with Gasteiger partial charge >= 0.3 is 0 Å². The standard InChI is InChI=1S/C15H17ClN2O2/c16-12-5-3-11(4-6-12)14-8-17-15(20-14)10-18-7-1-2-13(19)9-18/h3-6,8,13,19H,1-2,7,9-10H2/t13-/m1/s1. The molecule has 3 rings (SSSR count). The SMILES string of the molecule is O[C@@H]1CCCN(Cc2ncc(-c3ccc(Cl)cc3)o2)C1. The molecule has 0 amide bonds. The van der Waals surface area contributed by atoms with Crippen LogP contribution in [0.2, 0.25) is 5.02 Å². The Morgan fingerprint density at radius 3 is 2.90 bits per heavy atom. The van der Waals surface area contributed by atoms with Gasteiger partial charge in [0.2, 0.25) is 5.89 Å². The fourth-order valence-corrected chi connectivity index (χ4v) is 2.62. The van der Waals surface area contributed by atoms with Gasteiger partial charge in [-0.15, -0.1) is 0 Å². The highest BCUT2D eigenvalue weighted by molar-refractivity contribution is 6.30. The van der Waals surface area contributed by atoms with Crippen LogP contribution in [0.15, 0.2) is 34.9 Å². The van der Waals surface area contributed by atoms with Crippen molar-refractivity contribution in [2.75, 3.05) is 13.1 Å². The number of nitrogens with zero attached hydrogens (tertiary/aromatic N) is 2. The first-order chi connectivity index (χ1) is 9.70. The Bertz CT molecular complexity index is 568. The largest absolute Gasteiger partial charge is 0.439 e. The van der Waals surface area contributed by atoms with Crippen molar-refractivity contribution in [1.29, 1.82) is 0 Å². The second-order valence-corrected chi connectivity index (χ2v) is 5.59. The first kappa shape index (κ1) is 13.6. The van der Waals surface area contributed by atoms with Gasteiger partial charge < -0.3 is 9.52 Å². The van der Waals surface area contributed by atoms with Crippen LogP contribution in [0.1, 0.15) is 18.7 Å². The summed E-state index contributed by atoms with van der Waals surface area (Å²) in [4.78, 5) is 6.48. The summed E-state index contributed by atoms with van der Waals surface area (Å²) in [6.07, 6.45) is 3.41. The first-order valence-corrected chi connectivity index (χ1v) is 7.19. The zero-order valence-electron chi connectivity index (χ0n) is 11.1. The van der Waals surface area contributed by atoms with Crippen molar-refractivity contribution in [3.8, 4) is 11.3 Å². The van der Waals surface area contributed by atoms with E-state index in [2.05, 4.69) is 9.88 Å². The van der Waals surface area contributed by atoms with Crippen molar-refractivity contribution in [2.24, 2.45) is 0 Å². The molecule has 1 atom stereocenters. The van der Waals surface area contributed by atoms with E-state index in [1.54, 1.807) is 6.20 Å². The molecule has 2 heterocycles. The molecule has 1 N–H and O–H groups in total. The summed E-state index contributed by atoms with van der Waals surface area (Å²) in [5.41, 5.74) is 0.965. The molecule has 20 heavy (non-hydrogen) atoms. The summed E-state index contributed by atoms with van der Waals surface area (Å²) >= 11 is 5.87. The van der Waals surface area contributed by atoms with E-state index >= 15 is 0 Å².